The molecule has 0 aromatic carbocycles. The zero-order chi connectivity index (χ0) is 12.4. The Morgan fingerprint density at radius 2 is 2.25 bits per heavy atom. The summed E-state index contributed by atoms with van der Waals surface area (Å²) in [6.45, 7) is -0.168. The molecule has 1 aliphatic rings. The predicted octanol–water partition coefficient (Wildman–Crippen LogP) is 1.45. The molecule has 1 N–H and O–H groups in total. The largest absolute Gasteiger partial charge is 0.481 e. The fourth-order valence-electron chi connectivity index (χ4n) is 1.66. The molecular weight excluding hydrogens is 229 g/mol. The van der Waals surface area contributed by atoms with Gasteiger partial charge in [0.15, 0.2) is 0 Å². The number of carboxylic acids is 1. The molecule has 4 nitrogen and oxygen atoms in total. The van der Waals surface area contributed by atoms with Gasteiger partial charge in [0.2, 0.25) is 0 Å². The Morgan fingerprint density at radius 3 is 2.62 bits per heavy atom. The molecule has 16 heavy (non-hydrogen) atoms. The predicted molar refractivity (Wildman–Crippen MR) is 47.0 cm³/mol. The van der Waals surface area contributed by atoms with Crippen LogP contribution in [0.2, 0.25) is 0 Å². The van der Waals surface area contributed by atoms with Crippen LogP contribution in [0, 0.1) is 5.41 Å². The molecule has 2 unspecified atom stereocenters. The fraction of sp³-hybridized carbons (Fsp3) is 0.889. The first kappa shape index (κ1) is 13.2. The molecular formula is C9H13F3O4. The van der Waals surface area contributed by atoms with Gasteiger partial charge in [0.25, 0.3) is 0 Å². The number of rotatable bonds is 4. The molecule has 1 heterocycles. The Balaban J connectivity index is 2.57. The third-order valence-electron chi connectivity index (χ3n) is 2.75. The third kappa shape index (κ3) is 2.85. The minimum atomic E-state index is -4.44. The second-order valence-corrected chi connectivity index (χ2v) is 3.83. The number of carboxylic acid groups (broad SMARTS) is 1. The second kappa shape index (κ2) is 4.58. The molecule has 1 aliphatic heterocycles. The highest BCUT2D eigenvalue weighted by atomic mass is 19.4. The monoisotopic (exact) mass is 242 g/mol. The number of hydrogen-bond donors (Lipinski definition) is 1. The Labute approximate surface area is 90.3 Å². The van der Waals surface area contributed by atoms with Crippen molar-refractivity contribution in [3.05, 3.63) is 0 Å². The normalized spacial score (nSPS) is 30.6. The molecule has 2 atom stereocenters. The van der Waals surface area contributed by atoms with E-state index in [-0.39, 0.29) is 13.0 Å². The molecule has 0 bridgehead atoms. The minimum absolute atomic E-state index is 0.168. The standard InChI is InChI=1S/C9H13F3O4/c1-6-8(7(13)14,2-3-16-6)4-15-5-9(10,11)12/h6H,2-5H2,1H3,(H,13,14). The van der Waals surface area contributed by atoms with Gasteiger partial charge < -0.3 is 14.6 Å². The van der Waals surface area contributed by atoms with E-state index >= 15 is 0 Å². The van der Waals surface area contributed by atoms with E-state index in [1.165, 1.54) is 6.92 Å². The highest BCUT2D eigenvalue weighted by Gasteiger charge is 2.49. The number of hydrogen-bond acceptors (Lipinski definition) is 3. The highest BCUT2D eigenvalue weighted by molar-refractivity contribution is 5.76. The average Bonchev–Trinajstić information content (AvgIpc) is 2.46. The summed E-state index contributed by atoms with van der Waals surface area (Å²) < 4.78 is 45.0. The summed E-state index contributed by atoms with van der Waals surface area (Å²) in [5, 5.41) is 9.02. The second-order valence-electron chi connectivity index (χ2n) is 3.83. The van der Waals surface area contributed by atoms with E-state index in [2.05, 4.69) is 4.74 Å². The molecule has 7 heteroatoms. The van der Waals surface area contributed by atoms with Crippen molar-refractivity contribution < 1.29 is 32.5 Å². The van der Waals surface area contributed by atoms with Gasteiger partial charge >= 0.3 is 12.1 Å². The maximum Gasteiger partial charge on any atom is 0.411 e. The van der Waals surface area contributed by atoms with Crippen LogP contribution in [0.1, 0.15) is 13.3 Å². The summed E-state index contributed by atoms with van der Waals surface area (Å²) in [7, 11) is 0. The zero-order valence-corrected chi connectivity index (χ0v) is 8.71. The van der Waals surface area contributed by atoms with Gasteiger partial charge in [-0.3, -0.25) is 4.79 Å². The molecule has 1 fully saturated rings. The molecule has 0 aliphatic carbocycles. The van der Waals surface area contributed by atoms with Crippen molar-refractivity contribution in [1.82, 2.24) is 0 Å². The molecule has 0 saturated carbocycles. The Bertz CT molecular complexity index is 266. The molecule has 0 amide bonds. The van der Waals surface area contributed by atoms with Crippen LogP contribution >= 0.6 is 0 Å². The number of halogens is 3. The Kier molecular flexibility index (Phi) is 3.80. The summed E-state index contributed by atoms with van der Waals surface area (Å²) >= 11 is 0. The van der Waals surface area contributed by atoms with E-state index in [1.807, 2.05) is 0 Å². The van der Waals surface area contributed by atoms with Crippen molar-refractivity contribution in [2.24, 2.45) is 5.41 Å². The number of ether oxygens (including phenoxy) is 2. The summed E-state index contributed by atoms with van der Waals surface area (Å²) in [5.74, 6) is -1.18. The molecule has 94 valence electrons. The molecule has 1 saturated heterocycles. The number of aliphatic carboxylic acids is 1. The van der Waals surface area contributed by atoms with E-state index in [9.17, 15) is 18.0 Å². The van der Waals surface area contributed by atoms with Crippen molar-refractivity contribution >= 4 is 5.97 Å². The third-order valence-corrected chi connectivity index (χ3v) is 2.75. The first-order chi connectivity index (χ1) is 7.28. The Hall–Kier alpha value is -0.820. The van der Waals surface area contributed by atoms with E-state index in [4.69, 9.17) is 9.84 Å². The topological polar surface area (TPSA) is 55.8 Å². The lowest BCUT2D eigenvalue weighted by Crippen LogP contribution is -2.42. The lowest BCUT2D eigenvalue weighted by Gasteiger charge is -2.27. The van der Waals surface area contributed by atoms with Gasteiger partial charge in [0.1, 0.15) is 12.0 Å². The number of carbonyl (C=O) groups is 1. The van der Waals surface area contributed by atoms with Crippen molar-refractivity contribution in [2.45, 2.75) is 25.6 Å². The highest BCUT2D eigenvalue weighted by Crippen LogP contribution is 2.36. The molecule has 1 rings (SSSR count). The maximum absolute atomic E-state index is 11.8. The number of alkyl halides is 3. The van der Waals surface area contributed by atoms with Crippen LogP contribution in [0.25, 0.3) is 0 Å². The summed E-state index contributed by atoms with van der Waals surface area (Å²) in [4.78, 5) is 11.0. The average molecular weight is 242 g/mol. The van der Waals surface area contributed by atoms with E-state index in [0.29, 0.717) is 0 Å². The first-order valence-corrected chi connectivity index (χ1v) is 4.77. The van der Waals surface area contributed by atoms with Gasteiger partial charge in [-0.25, -0.2) is 0 Å². The van der Waals surface area contributed by atoms with Gasteiger partial charge in [0.05, 0.1) is 12.7 Å². The maximum atomic E-state index is 11.8. The van der Waals surface area contributed by atoms with Crippen molar-refractivity contribution in [2.75, 3.05) is 19.8 Å². The quantitative estimate of drug-likeness (QED) is 0.810. The van der Waals surface area contributed by atoms with Crippen LogP contribution in [-0.2, 0) is 14.3 Å². The van der Waals surface area contributed by atoms with E-state index < -0.39 is 36.9 Å². The lowest BCUT2D eigenvalue weighted by molar-refractivity contribution is -0.189. The Morgan fingerprint density at radius 1 is 1.62 bits per heavy atom. The lowest BCUT2D eigenvalue weighted by atomic mass is 9.82. The van der Waals surface area contributed by atoms with Gasteiger partial charge in [-0.1, -0.05) is 0 Å². The fourth-order valence-corrected chi connectivity index (χ4v) is 1.66. The molecule has 0 aromatic heterocycles. The van der Waals surface area contributed by atoms with Crippen LogP contribution in [-0.4, -0.2) is 43.2 Å². The zero-order valence-electron chi connectivity index (χ0n) is 8.71. The van der Waals surface area contributed by atoms with Crippen LogP contribution in [0.5, 0.6) is 0 Å². The summed E-state index contributed by atoms with van der Waals surface area (Å²) in [6.07, 6.45) is -4.91. The van der Waals surface area contributed by atoms with Crippen molar-refractivity contribution in [3.63, 3.8) is 0 Å². The SMILES string of the molecule is CC1OCCC1(COCC(F)(F)F)C(=O)O. The van der Waals surface area contributed by atoms with Crippen LogP contribution in [0.3, 0.4) is 0 Å². The molecule has 0 aromatic rings. The van der Waals surface area contributed by atoms with Crippen LogP contribution in [0.4, 0.5) is 13.2 Å². The summed E-state index contributed by atoms with van der Waals surface area (Å²) in [5.41, 5.74) is -1.36. The first-order valence-electron chi connectivity index (χ1n) is 4.77. The molecule has 0 spiro atoms. The van der Waals surface area contributed by atoms with E-state index in [1.54, 1.807) is 0 Å². The van der Waals surface area contributed by atoms with Gasteiger partial charge in [-0.15, -0.1) is 0 Å². The molecule has 0 radical (unpaired) electrons. The van der Waals surface area contributed by atoms with Crippen LogP contribution < -0.4 is 0 Å². The smallest absolute Gasteiger partial charge is 0.411 e. The van der Waals surface area contributed by atoms with E-state index in [0.717, 1.165) is 0 Å². The van der Waals surface area contributed by atoms with Gasteiger partial charge in [-0.05, 0) is 13.3 Å². The van der Waals surface area contributed by atoms with Crippen LogP contribution in [0.15, 0.2) is 0 Å². The van der Waals surface area contributed by atoms with Crippen molar-refractivity contribution in [3.8, 4) is 0 Å². The minimum Gasteiger partial charge on any atom is -0.481 e. The van der Waals surface area contributed by atoms with Gasteiger partial charge in [0, 0.05) is 6.61 Å². The summed E-state index contributed by atoms with van der Waals surface area (Å²) in [6, 6.07) is 0. The van der Waals surface area contributed by atoms with Gasteiger partial charge in [-0.2, -0.15) is 13.2 Å². The van der Waals surface area contributed by atoms with Crippen molar-refractivity contribution in [1.29, 1.82) is 0 Å².